The third-order valence-electron chi connectivity index (χ3n) is 7.56. The van der Waals surface area contributed by atoms with Crippen LogP contribution in [0.5, 0.6) is 11.5 Å². The molecule has 0 aromatic heterocycles. The number of benzene rings is 2. The topological polar surface area (TPSA) is 114 Å². The third kappa shape index (κ3) is 6.23. The number of carbonyl (C=O) groups excluding carboxylic acids is 2. The van der Waals surface area contributed by atoms with Crippen molar-refractivity contribution < 1.29 is 50.5 Å². The zero-order valence-corrected chi connectivity index (χ0v) is 24.3. The molecule has 8 nitrogen and oxygen atoms in total. The predicted molar refractivity (Wildman–Crippen MR) is 151 cm³/mol. The van der Waals surface area contributed by atoms with E-state index in [-0.39, 0.29) is 35.6 Å². The van der Waals surface area contributed by atoms with Crippen LogP contribution in [-0.4, -0.2) is 47.4 Å². The van der Waals surface area contributed by atoms with Gasteiger partial charge in [0.05, 0.1) is 13.2 Å². The van der Waals surface area contributed by atoms with Crippen molar-refractivity contribution in [3.05, 3.63) is 94.9 Å². The number of ether oxygens (including phenoxy) is 2. The molecule has 1 fully saturated rings. The molecule has 45 heavy (non-hydrogen) atoms. The van der Waals surface area contributed by atoms with Crippen LogP contribution in [0.15, 0.2) is 72.7 Å². The van der Waals surface area contributed by atoms with Crippen LogP contribution >= 0.6 is 0 Å². The van der Waals surface area contributed by atoms with Gasteiger partial charge >= 0.3 is 18.4 Å². The summed E-state index contributed by atoms with van der Waals surface area (Å²) < 4.78 is 92.2. The number of rotatable bonds is 10. The lowest BCUT2D eigenvalue weighted by Gasteiger charge is -2.33. The molecule has 0 bridgehead atoms. The van der Waals surface area contributed by atoms with E-state index in [0.29, 0.717) is 36.5 Å². The second-order valence-corrected chi connectivity index (χ2v) is 10.8. The molecule has 14 heteroatoms. The fourth-order valence-corrected chi connectivity index (χ4v) is 5.15. The third-order valence-corrected chi connectivity index (χ3v) is 7.56. The fraction of sp³-hybridized carbons (Fsp3) is 0.355. The van der Waals surface area contributed by atoms with E-state index >= 15 is 0 Å². The Morgan fingerprint density at radius 2 is 1.84 bits per heavy atom. The van der Waals surface area contributed by atoms with E-state index < -0.39 is 41.0 Å². The summed E-state index contributed by atoms with van der Waals surface area (Å²) in [6.45, 7) is 7.32. The first-order valence-corrected chi connectivity index (χ1v) is 13.8. The van der Waals surface area contributed by atoms with Crippen LogP contribution < -0.4 is 20.5 Å². The molecule has 0 aliphatic carbocycles. The molecule has 2 heterocycles. The van der Waals surface area contributed by atoms with Gasteiger partial charge in [0.25, 0.3) is 11.5 Å². The van der Waals surface area contributed by atoms with Gasteiger partial charge in [-0.15, -0.1) is 0 Å². The van der Waals surface area contributed by atoms with Gasteiger partial charge in [-0.2, -0.15) is 26.3 Å². The smallest absolute Gasteiger partial charge is 0.430 e. The lowest BCUT2D eigenvalue weighted by molar-refractivity contribution is -0.376. The molecular formula is C31H31F6N3O5. The van der Waals surface area contributed by atoms with Gasteiger partial charge in [-0.1, -0.05) is 38.1 Å². The number of urea groups is 1. The summed E-state index contributed by atoms with van der Waals surface area (Å²) in [5.74, 6) is -0.0701. The van der Waals surface area contributed by atoms with Crippen LogP contribution in [0.25, 0.3) is 0 Å². The molecule has 2 aliphatic rings. The van der Waals surface area contributed by atoms with Crippen LogP contribution in [0.3, 0.4) is 0 Å². The Balaban J connectivity index is 1.58. The quantitative estimate of drug-likeness (QED) is 0.134. The van der Waals surface area contributed by atoms with E-state index in [4.69, 9.17) is 15.2 Å². The fourth-order valence-electron chi connectivity index (χ4n) is 5.15. The van der Waals surface area contributed by atoms with Crippen molar-refractivity contribution in [2.24, 2.45) is 5.73 Å². The van der Waals surface area contributed by atoms with Crippen molar-refractivity contribution in [2.75, 3.05) is 13.2 Å². The Morgan fingerprint density at radius 1 is 1.16 bits per heavy atom. The van der Waals surface area contributed by atoms with E-state index in [9.17, 15) is 41.0 Å². The minimum atomic E-state index is -6.05. The van der Waals surface area contributed by atoms with E-state index in [1.165, 1.54) is 12.2 Å². The van der Waals surface area contributed by atoms with Crippen molar-refractivity contribution in [1.29, 1.82) is 0 Å². The largest absolute Gasteiger partial charge is 0.493 e. The standard InChI is InChI=1S/C31H31F6N3O5/c1-4-5-20-15-22(29(43,30(32,33)34)31(35,36)37)8-9-24(20)45-23(10-12-38)14-18(2)17-40-26(41)28(3,39-27(40)42)21-7-6-19-11-13-44-25(19)16-21/h6-10,12,14-16,43H,2,4-5,11,13,17,38H2,1,3H3,(H,39,42)/b12-10-,23-14+. The minimum Gasteiger partial charge on any atom is -0.493 e. The van der Waals surface area contributed by atoms with Crippen molar-refractivity contribution in [3.8, 4) is 11.5 Å². The maximum absolute atomic E-state index is 13.5. The molecule has 0 spiro atoms. The monoisotopic (exact) mass is 639 g/mol. The maximum Gasteiger partial charge on any atom is 0.430 e. The number of hydrogen-bond donors (Lipinski definition) is 3. The number of nitrogens with zero attached hydrogens (tertiary/aromatic N) is 1. The summed E-state index contributed by atoms with van der Waals surface area (Å²) in [6.07, 6.45) is -7.41. The number of aliphatic hydroxyl groups is 1. The number of amides is 3. The molecule has 4 N–H and O–H groups in total. The predicted octanol–water partition coefficient (Wildman–Crippen LogP) is 5.64. The molecule has 3 amide bonds. The Morgan fingerprint density at radius 3 is 2.47 bits per heavy atom. The van der Waals surface area contributed by atoms with E-state index in [1.54, 1.807) is 26.0 Å². The molecule has 1 saturated heterocycles. The first-order valence-electron chi connectivity index (χ1n) is 13.8. The number of alkyl halides is 6. The summed E-state index contributed by atoms with van der Waals surface area (Å²) >= 11 is 0. The second-order valence-electron chi connectivity index (χ2n) is 10.8. The zero-order valence-electron chi connectivity index (χ0n) is 24.3. The SMILES string of the molecule is C=C(/C=C(\C=C/N)Oc1ccc(C(O)(C(F)(F)F)C(F)(F)F)cc1CCC)CN1C(=O)NC(C)(c2ccc3c(c2)OCC3)C1=O. The molecule has 1 unspecified atom stereocenters. The highest BCUT2D eigenvalue weighted by Crippen LogP contribution is 2.50. The van der Waals surface area contributed by atoms with Gasteiger partial charge in [0.1, 0.15) is 22.8 Å². The number of allylic oxidation sites excluding steroid dienone is 1. The summed E-state index contributed by atoms with van der Waals surface area (Å²) in [6, 6.07) is 6.56. The van der Waals surface area contributed by atoms with Crippen LogP contribution in [0.2, 0.25) is 0 Å². The lowest BCUT2D eigenvalue weighted by atomic mass is 9.90. The second kappa shape index (κ2) is 12.1. The number of fused-ring (bicyclic) bond motifs is 1. The number of hydrogen-bond acceptors (Lipinski definition) is 6. The number of carbonyl (C=O) groups is 2. The Bertz CT molecular complexity index is 1550. The van der Waals surface area contributed by atoms with E-state index in [2.05, 4.69) is 11.9 Å². The van der Waals surface area contributed by atoms with E-state index in [1.807, 2.05) is 6.07 Å². The zero-order chi connectivity index (χ0) is 33.4. The van der Waals surface area contributed by atoms with Crippen molar-refractivity contribution in [2.45, 2.75) is 56.6 Å². The van der Waals surface area contributed by atoms with Crippen LogP contribution in [0.4, 0.5) is 31.1 Å². The van der Waals surface area contributed by atoms with Crippen LogP contribution in [0, 0.1) is 0 Å². The Labute approximate surface area is 254 Å². The first-order chi connectivity index (χ1) is 21.0. The molecule has 2 aromatic rings. The lowest BCUT2D eigenvalue weighted by Crippen LogP contribution is -2.53. The highest BCUT2D eigenvalue weighted by molar-refractivity contribution is 6.07. The van der Waals surface area contributed by atoms with Crippen molar-refractivity contribution >= 4 is 11.9 Å². The molecule has 4 rings (SSSR count). The number of nitrogens with two attached hydrogens (primary N) is 1. The normalized spacial score (nSPS) is 19.1. The number of halogens is 6. The van der Waals surface area contributed by atoms with Crippen molar-refractivity contribution in [3.63, 3.8) is 0 Å². The Kier molecular flexibility index (Phi) is 9.02. The molecule has 0 radical (unpaired) electrons. The highest BCUT2D eigenvalue weighted by Gasteiger charge is 2.71. The molecule has 2 aliphatic heterocycles. The van der Waals surface area contributed by atoms with Crippen LogP contribution in [-0.2, 0) is 28.8 Å². The molecule has 0 saturated carbocycles. The van der Waals surface area contributed by atoms with Gasteiger partial charge in [0.2, 0.25) is 0 Å². The van der Waals surface area contributed by atoms with Gasteiger partial charge in [0.15, 0.2) is 0 Å². The Hall–Kier alpha value is -4.46. The highest BCUT2D eigenvalue weighted by atomic mass is 19.4. The summed E-state index contributed by atoms with van der Waals surface area (Å²) in [7, 11) is 0. The first kappa shape index (κ1) is 33.4. The average molecular weight is 640 g/mol. The number of aryl methyl sites for hydroxylation is 1. The maximum atomic E-state index is 13.5. The van der Waals surface area contributed by atoms with Gasteiger partial charge in [-0.05, 0) is 72.2 Å². The summed E-state index contributed by atoms with van der Waals surface area (Å²) in [5.41, 5.74) is -0.730. The number of nitrogens with one attached hydrogen (secondary N) is 1. The molecular weight excluding hydrogens is 608 g/mol. The van der Waals surface area contributed by atoms with Gasteiger partial charge in [-0.25, -0.2) is 4.79 Å². The van der Waals surface area contributed by atoms with Crippen LogP contribution in [0.1, 0.15) is 42.5 Å². The number of imide groups is 1. The van der Waals surface area contributed by atoms with Gasteiger partial charge in [-0.3, -0.25) is 9.69 Å². The molecule has 2 aromatic carbocycles. The molecule has 242 valence electrons. The van der Waals surface area contributed by atoms with Crippen molar-refractivity contribution in [1.82, 2.24) is 10.2 Å². The van der Waals surface area contributed by atoms with Gasteiger partial charge < -0.3 is 25.6 Å². The summed E-state index contributed by atoms with van der Waals surface area (Å²) in [4.78, 5) is 27.3. The van der Waals surface area contributed by atoms with E-state index in [0.717, 1.165) is 29.2 Å². The average Bonchev–Trinajstić information content (AvgIpc) is 3.50. The molecule has 1 atom stereocenters. The minimum absolute atomic E-state index is 0.00427. The summed E-state index contributed by atoms with van der Waals surface area (Å²) in [5, 5.41) is 12.5. The van der Waals surface area contributed by atoms with Gasteiger partial charge in [0, 0.05) is 12.0 Å².